The molecule has 2 atom stereocenters. The van der Waals surface area contributed by atoms with Gasteiger partial charge in [-0.05, 0) is 75.1 Å². The van der Waals surface area contributed by atoms with Gasteiger partial charge in [-0.25, -0.2) is 8.42 Å². The van der Waals surface area contributed by atoms with E-state index >= 15 is 0 Å². The number of carbonyl (C=O) groups is 2. The quantitative estimate of drug-likeness (QED) is 0.471. The molecule has 2 rings (SSSR count). The number of amides is 2. The highest BCUT2D eigenvalue weighted by molar-refractivity contribution is 7.92. The van der Waals surface area contributed by atoms with Gasteiger partial charge in [0.05, 0.1) is 11.9 Å². The number of hydrogen-bond acceptors (Lipinski definition) is 4. The molecule has 0 saturated carbocycles. The molecule has 0 heterocycles. The summed E-state index contributed by atoms with van der Waals surface area (Å²) in [6.07, 6.45) is 1.78. The lowest BCUT2D eigenvalue weighted by atomic mass is 10.1. The van der Waals surface area contributed by atoms with Crippen molar-refractivity contribution in [3.8, 4) is 0 Å². The second kappa shape index (κ2) is 12.1. The average Bonchev–Trinajstić information content (AvgIpc) is 2.77. The van der Waals surface area contributed by atoms with Gasteiger partial charge in [0.2, 0.25) is 21.8 Å². The number of hydrogen-bond donors (Lipinski definition) is 1. The molecule has 0 fully saturated rings. The Morgan fingerprint density at radius 3 is 2.23 bits per heavy atom. The number of rotatable bonds is 10. The zero-order valence-electron chi connectivity index (χ0n) is 20.9. The molecule has 0 aliphatic heterocycles. The number of nitrogens with zero attached hydrogens (tertiary/aromatic N) is 2. The maximum absolute atomic E-state index is 13.6. The standard InChI is InChI=1S/C25H33Cl2N3O4S/c1-7-18(4)28-25(32)19(5)29(14-20-9-10-21(26)13-23(20)27)24(31)15-30(35(6,33)34)22-11-8-16(2)17(3)12-22/h8-13,18-19H,7,14-15H2,1-6H3,(H,28,32)/t18-,19+/m0/s1. The Morgan fingerprint density at radius 2 is 1.69 bits per heavy atom. The zero-order chi connectivity index (χ0) is 26.5. The molecule has 0 bridgehead atoms. The monoisotopic (exact) mass is 541 g/mol. The summed E-state index contributed by atoms with van der Waals surface area (Å²) in [4.78, 5) is 27.9. The minimum Gasteiger partial charge on any atom is -0.352 e. The zero-order valence-corrected chi connectivity index (χ0v) is 23.3. The van der Waals surface area contributed by atoms with E-state index < -0.39 is 28.5 Å². The summed E-state index contributed by atoms with van der Waals surface area (Å²) in [7, 11) is -3.79. The predicted octanol–water partition coefficient (Wildman–Crippen LogP) is 4.71. The Balaban J connectivity index is 2.44. The van der Waals surface area contributed by atoms with Gasteiger partial charge in [-0.2, -0.15) is 0 Å². The van der Waals surface area contributed by atoms with Crippen molar-refractivity contribution < 1.29 is 18.0 Å². The summed E-state index contributed by atoms with van der Waals surface area (Å²) < 4.78 is 26.4. The number of halogens is 2. The molecule has 0 aliphatic carbocycles. The Hall–Kier alpha value is -2.29. The number of benzene rings is 2. The number of anilines is 1. The Kier molecular flexibility index (Phi) is 10.0. The van der Waals surface area contributed by atoms with Crippen molar-refractivity contribution in [1.82, 2.24) is 10.2 Å². The third kappa shape index (κ3) is 7.85. The second-order valence-corrected chi connectivity index (χ2v) is 11.5. The van der Waals surface area contributed by atoms with Gasteiger partial charge in [-0.1, -0.05) is 42.3 Å². The van der Waals surface area contributed by atoms with Crippen LogP contribution in [0.15, 0.2) is 36.4 Å². The van der Waals surface area contributed by atoms with Crippen LogP contribution in [0.4, 0.5) is 5.69 Å². The van der Waals surface area contributed by atoms with Crippen molar-refractivity contribution in [3.63, 3.8) is 0 Å². The molecule has 0 radical (unpaired) electrons. The van der Waals surface area contributed by atoms with Crippen LogP contribution in [-0.2, 0) is 26.2 Å². The van der Waals surface area contributed by atoms with E-state index in [1.807, 2.05) is 27.7 Å². The van der Waals surface area contributed by atoms with E-state index in [1.165, 1.54) is 4.90 Å². The first kappa shape index (κ1) is 28.9. The lowest BCUT2D eigenvalue weighted by Gasteiger charge is -2.32. The van der Waals surface area contributed by atoms with E-state index in [9.17, 15) is 18.0 Å². The minimum atomic E-state index is -3.79. The Bertz CT molecular complexity index is 1190. The van der Waals surface area contributed by atoms with Crippen LogP contribution in [0.25, 0.3) is 0 Å². The highest BCUT2D eigenvalue weighted by Gasteiger charge is 2.31. The van der Waals surface area contributed by atoms with Crippen LogP contribution in [-0.4, -0.2) is 50.0 Å². The van der Waals surface area contributed by atoms with Gasteiger partial charge in [-0.3, -0.25) is 13.9 Å². The smallest absolute Gasteiger partial charge is 0.244 e. The summed E-state index contributed by atoms with van der Waals surface area (Å²) in [5, 5.41) is 3.67. The van der Waals surface area contributed by atoms with Crippen molar-refractivity contribution in [2.75, 3.05) is 17.1 Å². The predicted molar refractivity (Wildman–Crippen MR) is 142 cm³/mol. The SMILES string of the molecule is CC[C@H](C)NC(=O)[C@@H](C)N(Cc1ccc(Cl)cc1Cl)C(=O)CN(c1ccc(C)c(C)c1)S(C)(=O)=O. The number of carbonyl (C=O) groups excluding carboxylic acids is 2. The molecule has 0 saturated heterocycles. The molecule has 1 N–H and O–H groups in total. The first-order valence-corrected chi connectivity index (χ1v) is 13.9. The van der Waals surface area contributed by atoms with Crippen LogP contribution in [0.2, 0.25) is 10.0 Å². The number of aryl methyl sites for hydroxylation is 2. The first-order valence-electron chi connectivity index (χ1n) is 11.3. The van der Waals surface area contributed by atoms with Crippen molar-refractivity contribution in [1.29, 1.82) is 0 Å². The van der Waals surface area contributed by atoms with Crippen molar-refractivity contribution in [2.45, 2.75) is 59.7 Å². The molecule has 192 valence electrons. The van der Waals surface area contributed by atoms with E-state index in [-0.39, 0.29) is 18.5 Å². The van der Waals surface area contributed by atoms with E-state index in [0.717, 1.165) is 28.1 Å². The van der Waals surface area contributed by atoms with Gasteiger partial charge in [0.1, 0.15) is 12.6 Å². The van der Waals surface area contributed by atoms with E-state index in [4.69, 9.17) is 23.2 Å². The van der Waals surface area contributed by atoms with Crippen molar-refractivity contribution in [2.24, 2.45) is 0 Å². The number of nitrogens with one attached hydrogen (secondary N) is 1. The van der Waals surface area contributed by atoms with Crippen LogP contribution in [0, 0.1) is 13.8 Å². The van der Waals surface area contributed by atoms with Crippen LogP contribution < -0.4 is 9.62 Å². The number of sulfonamides is 1. The van der Waals surface area contributed by atoms with Gasteiger partial charge in [0.15, 0.2) is 0 Å². The lowest BCUT2D eigenvalue weighted by Crippen LogP contribution is -2.52. The van der Waals surface area contributed by atoms with Gasteiger partial charge < -0.3 is 10.2 Å². The molecule has 0 spiro atoms. The van der Waals surface area contributed by atoms with Crippen molar-refractivity contribution >= 4 is 50.7 Å². The summed E-state index contributed by atoms with van der Waals surface area (Å²) in [5.41, 5.74) is 2.87. The van der Waals surface area contributed by atoms with Crippen molar-refractivity contribution in [3.05, 3.63) is 63.1 Å². The lowest BCUT2D eigenvalue weighted by molar-refractivity contribution is -0.139. The summed E-state index contributed by atoms with van der Waals surface area (Å²) >= 11 is 12.4. The Labute approximate surface area is 218 Å². The third-order valence-corrected chi connectivity index (χ3v) is 7.71. The van der Waals surface area contributed by atoms with E-state index in [2.05, 4.69) is 5.32 Å². The summed E-state index contributed by atoms with van der Waals surface area (Å²) in [6, 6.07) is 9.13. The average molecular weight is 543 g/mol. The molecule has 10 heteroatoms. The molecular weight excluding hydrogens is 509 g/mol. The highest BCUT2D eigenvalue weighted by Crippen LogP contribution is 2.25. The van der Waals surface area contributed by atoms with E-state index in [1.54, 1.807) is 43.3 Å². The molecule has 35 heavy (non-hydrogen) atoms. The molecule has 7 nitrogen and oxygen atoms in total. The molecule has 0 unspecified atom stereocenters. The maximum atomic E-state index is 13.6. The van der Waals surface area contributed by atoms with Gasteiger partial charge in [0.25, 0.3) is 0 Å². The molecule has 2 aromatic rings. The minimum absolute atomic E-state index is 0.00839. The molecule has 2 amide bonds. The topological polar surface area (TPSA) is 86.8 Å². The fraction of sp³-hybridized carbons (Fsp3) is 0.440. The second-order valence-electron chi connectivity index (χ2n) is 8.79. The van der Waals surface area contributed by atoms with Crippen LogP contribution in [0.3, 0.4) is 0 Å². The van der Waals surface area contributed by atoms with E-state index in [0.29, 0.717) is 21.3 Å². The largest absolute Gasteiger partial charge is 0.352 e. The van der Waals surface area contributed by atoms with Crippen LogP contribution >= 0.6 is 23.2 Å². The molecular formula is C25H33Cl2N3O4S. The van der Waals surface area contributed by atoms with Gasteiger partial charge in [-0.15, -0.1) is 0 Å². The maximum Gasteiger partial charge on any atom is 0.244 e. The fourth-order valence-electron chi connectivity index (χ4n) is 3.38. The highest BCUT2D eigenvalue weighted by atomic mass is 35.5. The fourth-order valence-corrected chi connectivity index (χ4v) is 4.69. The van der Waals surface area contributed by atoms with Gasteiger partial charge in [0, 0.05) is 22.6 Å². The van der Waals surface area contributed by atoms with Gasteiger partial charge >= 0.3 is 0 Å². The summed E-state index contributed by atoms with van der Waals surface area (Å²) in [5.74, 6) is -0.874. The molecule has 2 aromatic carbocycles. The molecule has 0 aliphatic rings. The normalized spacial score (nSPS) is 13.1. The Morgan fingerprint density at radius 1 is 1.03 bits per heavy atom. The third-order valence-electron chi connectivity index (χ3n) is 5.98. The first-order chi connectivity index (χ1) is 16.2. The van der Waals surface area contributed by atoms with Crippen LogP contribution in [0.5, 0.6) is 0 Å². The summed E-state index contributed by atoms with van der Waals surface area (Å²) in [6.45, 7) is 8.77. The van der Waals surface area contributed by atoms with Crippen LogP contribution in [0.1, 0.15) is 43.9 Å². The molecule has 0 aromatic heterocycles.